The zero-order valence-electron chi connectivity index (χ0n) is 21.1. The number of pyridine rings is 1. The lowest BCUT2D eigenvalue weighted by Crippen LogP contribution is -2.48. The van der Waals surface area contributed by atoms with E-state index in [0.29, 0.717) is 23.7 Å². The standard InChI is InChI=1S/C26H29FN4O5S/c1-5-6-19(21(24(33)35-3)25(34)36-4)29-20(32)15-37-26-30-22(16-7-9-18(27)10-8-16)23(31(26)2)17-11-13-28-14-12-17/h7-14,19,21H,5-6,15H2,1-4H3,(H,29,32). The van der Waals surface area contributed by atoms with E-state index in [1.807, 2.05) is 30.7 Å². The fourth-order valence-electron chi connectivity index (χ4n) is 3.95. The van der Waals surface area contributed by atoms with Crippen molar-refractivity contribution in [1.29, 1.82) is 0 Å². The maximum atomic E-state index is 13.5. The number of methoxy groups -OCH3 is 2. The topological polar surface area (TPSA) is 112 Å². The number of benzene rings is 1. The lowest BCUT2D eigenvalue weighted by Gasteiger charge is -2.24. The quantitative estimate of drug-likeness (QED) is 0.228. The van der Waals surface area contributed by atoms with E-state index in [9.17, 15) is 18.8 Å². The summed E-state index contributed by atoms with van der Waals surface area (Å²) < 4.78 is 24.9. The van der Waals surface area contributed by atoms with Gasteiger partial charge in [0.05, 0.1) is 37.4 Å². The number of amides is 1. The molecule has 1 unspecified atom stereocenters. The lowest BCUT2D eigenvalue weighted by molar-refractivity contribution is -0.160. The van der Waals surface area contributed by atoms with Crippen LogP contribution >= 0.6 is 11.8 Å². The number of carbonyl (C=O) groups is 3. The monoisotopic (exact) mass is 528 g/mol. The molecule has 0 radical (unpaired) electrons. The van der Waals surface area contributed by atoms with Gasteiger partial charge in [0.2, 0.25) is 5.91 Å². The number of nitrogens with zero attached hydrogens (tertiary/aromatic N) is 3. The Balaban J connectivity index is 1.84. The van der Waals surface area contributed by atoms with Crippen molar-refractivity contribution in [2.24, 2.45) is 13.0 Å². The van der Waals surface area contributed by atoms with Gasteiger partial charge in [-0.25, -0.2) is 9.37 Å². The Morgan fingerprint density at radius 1 is 1.03 bits per heavy atom. The van der Waals surface area contributed by atoms with Gasteiger partial charge in [-0.1, -0.05) is 25.1 Å². The average Bonchev–Trinajstić information content (AvgIpc) is 3.24. The van der Waals surface area contributed by atoms with Gasteiger partial charge < -0.3 is 19.4 Å². The molecule has 1 atom stereocenters. The number of hydrogen-bond donors (Lipinski definition) is 1. The zero-order chi connectivity index (χ0) is 26.9. The molecule has 3 rings (SSSR count). The van der Waals surface area contributed by atoms with Gasteiger partial charge in [-0.3, -0.25) is 19.4 Å². The second-order valence-corrected chi connectivity index (χ2v) is 9.11. The number of rotatable bonds is 11. The van der Waals surface area contributed by atoms with Gasteiger partial charge >= 0.3 is 11.9 Å². The first-order valence-corrected chi connectivity index (χ1v) is 12.6. The number of halogens is 1. The van der Waals surface area contributed by atoms with Crippen LogP contribution in [0.25, 0.3) is 22.5 Å². The molecule has 2 heterocycles. The van der Waals surface area contributed by atoms with Crippen LogP contribution in [0, 0.1) is 11.7 Å². The second-order valence-electron chi connectivity index (χ2n) is 8.17. The van der Waals surface area contributed by atoms with Gasteiger partial charge in [0.25, 0.3) is 0 Å². The van der Waals surface area contributed by atoms with Crippen molar-refractivity contribution in [1.82, 2.24) is 19.9 Å². The molecule has 9 nitrogen and oxygen atoms in total. The zero-order valence-corrected chi connectivity index (χ0v) is 21.9. The number of nitrogens with one attached hydrogen (secondary N) is 1. The number of thioether (sulfide) groups is 1. The van der Waals surface area contributed by atoms with E-state index < -0.39 is 23.9 Å². The number of carbonyl (C=O) groups excluding carboxylic acids is 3. The maximum Gasteiger partial charge on any atom is 0.322 e. The Bertz CT molecular complexity index is 1220. The molecule has 0 saturated carbocycles. The molecular weight excluding hydrogens is 499 g/mol. The number of imidazole rings is 1. The average molecular weight is 529 g/mol. The smallest absolute Gasteiger partial charge is 0.322 e. The van der Waals surface area contributed by atoms with Crippen LogP contribution in [0.3, 0.4) is 0 Å². The van der Waals surface area contributed by atoms with Crippen molar-refractivity contribution in [3.05, 3.63) is 54.6 Å². The van der Waals surface area contributed by atoms with Gasteiger partial charge in [-0.05, 0) is 42.8 Å². The molecule has 2 aromatic heterocycles. The van der Waals surface area contributed by atoms with Gasteiger partial charge in [-0.2, -0.15) is 0 Å². The largest absolute Gasteiger partial charge is 0.468 e. The Hall–Kier alpha value is -3.73. The van der Waals surface area contributed by atoms with Crippen LogP contribution in [0.15, 0.2) is 53.9 Å². The summed E-state index contributed by atoms with van der Waals surface area (Å²) in [5.74, 6) is -3.55. The molecule has 1 amide bonds. The minimum Gasteiger partial charge on any atom is -0.468 e. The molecular formula is C26H29FN4O5S. The summed E-state index contributed by atoms with van der Waals surface area (Å²) in [6.45, 7) is 1.88. The minimum absolute atomic E-state index is 0.0151. The van der Waals surface area contributed by atoms with Crippen LogP contribution in [-0.2, 0) is 30.9 Å². The van der Waals surface area contributed by atoms with E-state index in [1.165, 1.54) is 38.1 Å². The molecule has 3 aromatic rings. The van der Waals surface area contributed by atoms with Crippen molar-refractivity contribution in [3.63, 3.8) is 0 Å². The van der Waals surface area contributed by atoms with Crippen molar-refractivity contribution in [2.75, 3.05) is 20.0 Å². The molecule has 0 aliphatic heterocycles. The first-order chi connectivity index (χ1) is 17.8. The molecule has 0 aliphatic rings. The van der Waals surface area contributed by atoms with E-state index in [2.05, 4.69) is 10.3 Å². The highest BCUT2D eigenvalue weighted by atomic mass is 32.2. The predicted octanol–water partition coefficient (Wildman–Crippen LogP) is 3.63. The number of ether oxygens (including phenoxy) is 2. The third kappa shape index (κ3) is 6.73. The van der Waals surface area contributed by atoms with Gasteiger partial charge in [0.1, 0.15) is 5.82 Å². The minimum atomic E-state index is -1.26. The summed E-state index contributed by atoms with van der Waals surface area (Å²) in [6, 6.07) is 8.96. The molecule has 0 aliphatic carbocycles. The Morgan fingerprint density at radius 3 is 2.22 bits per heavy atom. The van der Waals surface area contributed by atoms with Crippen LogP contribution in [0.4, 0.5) is 4.39 Å². The van der Waals surface area contributed by atoms with Crippen LogP contribution in [0.5, 0.6) is 0 Å². The summed E-state index contributed by atoms with van der Waals surface area (Å²) in [7, 11) is 4.19. The highest BCUT2D eigenvalue weighted by Crippen LogP contribution is 2.35. The Morgan fingerprint density at radius 2 is 1.65 bits per heavy atom. The van der Waals surface area contributed by atoms with Crippen molar-refractivity contribution >= 4 is 29.6 Å². The van der Waals surface area contributed by atoms with Crippen LogP contribution in [0.2, 0.25) is 0 Å². The summed E-state index contributed by atoms with van der Waals surface area (Å²) in [6.07, 6.45) is 4.35. The summed E-state index contributed by atoms with van der Waals surface area (Å²) in [4.78, 5) is 46.2. The van der Waals surface area contributed by atoms with Crippen molar-refractivity contribution in [3.8, 4) is 22.5 Å². The molecule has 1 N–H and O–H groups in total. The van der Waals surface area contributed by atoms with E-state index in [1.54, 1.807) is 24.5 Å². The van der Waals surface area contributed by atoms with E-state index in [-0.39, 0.29) is 17.5 Å². The Kier molecular flexibility index (Phi) is 9.78. The number of hydrogen-bond acceptors (Lipinski definition) is 8. The lowest BCUT2D eigenvalue weighted by atomic mass is 9.95. The molecule has 0 fully saturated rings. The SMILES string of the molecule is CCCC(NC(=O)CSc1nc(-c2ccc(F)cc2)c(-c2ccncc2)n1C)C(C(=O)OC)C(=O)OC. The molecule has 1 aromatic carbocycles. The molecule has 196 valence electrons. The summed E-state index contributed by atoms with van der Waals surface area (Å²) in [5.41, 5.74) is 3.01. The third-order valence-corrected chi connectivity index (χ3v) is 6.75. The van der Waals surface area contributed by atoms with E-state index >= 15 is 0 Å². The predicted molar refractivity (Wildman–Crippen MR) is 137 cm³/mol. The molecule has 0 bridgehead atoms. The van der Waals surface area contributed by atoms with Gasteiger partial charge in [0.15, 0.2) is 11.1 Å². The van der Waals surface area contributed by atoms with Crippen molar-refractivity contribution < 1.29 is 28.2 Å². The first-order valence-electron chi connectivity index (χ1n) is 11.6. The highest BCUT2D eigenvalue weighted by Gasteiger charge is 2.37. The fourth-order valence-corrected chi connectivity index (χ4v) is 4.73. The fraction of sp³-hybridized carbons (Fsp3) is 0.346. The van der Waals surface area contributed by atoms with Crippen molar-refractivity contribution in [2.45, 2.75) is 31.0 Å². The molecule has 0 saturated heterocycles. The Labute approximate surface area is 218 Å². The summed E-state index contributed by atoms with van der Waals surface area (Å²) in [5, 5.41) is 3.34. The normalized spacial score (nSPS) is 11.7. The number of esters is 2. The molecule has 0 spiro atoms. The molecule has 11 heteroatoms. The maximum absolute atomic E-state index is 13.5. The number of aromatic nitrogens is 3. The second kappa shape index (κ2) is 13.0. The van der Waals surface area contributed by atoms with Crippen LogP contribution in [0.1, 0.15) is 19.8 Å². The van der Waals surface area contributed by atoms with E-state index in [0.717, 1.165) is 16.8 Å². The highest BCUT2D eigenvalue weighted by molar-refractivity contribution is 7.99. The van der Waals surface area contributed by atoms with E-state index in [4.69, 9.17) is 14.5 Å². The first kappa shape index (κ1) is 27.9. The van der Waals surface area contributed by atoms with Gasteiger partial charge in [-0.15, -0.1) is 0 Å². The molecule has 37 heavy (non-hydrogen) atoms. The summed E-state index contributed by atoms with van der Waals surface area (Å²) >= 11 is 1.20. The third-order valence-electron chi connectivity index (χ3n) is 5.72. The van der Waals surface area contributed by atoms with Gasteiger partial charge in [0, 0.05) is 30.6 Å². The van der Waals surface area contributed by atoms with Crippen LogP contribution < -0.4 is 5.32 Å². The van der Waals surface area contributed by atoms with Crippen LogP contribution in [-0.4, -0.2) is 58.4 Å².